The van der Waals surface area contributed by atoms with Crippen LogP contribution in [0.3, 0.4) is 0 Å². The number of hydrogen-bond donors (Lipinski definition) is 0. The Hall–Kier alpha value is -2.20. The Morgan fingerprint density at radius 2 is 2.04 bits per heavy atom. The molecule has 4 nitrogen and oxygen atoms in total. The third-order valence-electron chi connectivity index (χ3n) is 4.99. The van der Waals surface area contributed by atoms with Crippen LogP contribution in [-0.2, 0) is 6.42 Å². The van der Waals surface area contributed by atoms with Crippen LogP contribution in [0.5, 0.6) is 0 Å². The fraction of sp³-hybridized carbons (Fsp3) is 0.400. The molecule has 0 aliphatic carbocycles. The first kappa shape index (κ1) is 15.3. The monoisotopic (exact) mass is 320 g/mol. The second-order valence-corrected chi connectivity index (χ2v) is 6.80. The average molecular weight is 320 g/mol. The third-order valence-corrected chi connectivity index (χ3v) is 4.99. The van der Waals surface area contributed by atoms with E-state index in [1.807, 2.05) is 17.6 Å². The summed E-state index contributed by atoms with van der Waals surface area (Å²) in [5.74, 6) is 0.541. The molecule has 1 fully saturated rings. The van der Waals surface area contributed by atoms with Crippen molar-refractivity contribution in [3.05, 3.63) is 65.6 Å². The van der Waals surface area contributed by atoms with Crippen LogP contribution in [0.15, 0.2) is 48.7 Å². The van der Waals surface area contributed by atoms with Gasteiger partial charge < -0.3 is 4.90 Å². The van der Waals surface area contributed by atoms with E-state index in [1.54, 1.807) is 0 Å². The SMILES string of the molecule is Cc1cc2nccc(C3CCCN(CCc4ccccc4)C3)n2n1. The maximum Gasteiger partial charge on any atom is 0.155 e. The van der Waals surface area contributed by atoms with Crippen LogP contribution < -0.4 is 0 Å². The molecule has 1 saturated heterocycles. The summed E-state index contributed by atoms with van der Waals surface area (Å²) >= 11 is 0. The molecule has 1 aliphatic rings. The number of aromatic nitrogens is 3. The summed E-state index contributed by atoms with van der Waals surface area (Å²) in [7, 11) is 0. The van der Waals surface area contributed by atoms with Gasteiger partial charge in [0.2, 0.25) is 0 Å². The molecular weight excluding hydrogens is 296 g/mol. The Bertz CT molecular complexity index is 809. The zero-order chi connectivity index (χ0) is 16.4. The molecule has 0 radical (unpaired) electrons. The molecule has 124 valence electrons. The van der Waals surface area contributed by atoms with Crippen molar-refractivity contribution in [2.45, 2.75) is 32.1 Å². The highest BCUT2D eigenvalue weighted by Crippen LogP contribution is 2.27. The minimum absolute atomic E-state index is 0.541. The van der Waals surface area contributed by atoms with Gasteiger partial charge in [0.1, 0.15) is 0 Å². The largest absolute Gasteiger partial charge is 0.302 e. The van der Waals surface area contributed by atoms with Gasteiger partial charge in [-0.15, -0.1) is 0 Å². The molecule has 0 spiro atoms. The van der Waals surface area contributed by atoms with Gasteiger partial charge in [0, 0.05) is 31.3 Å². The molecule has 0 bridgehead atoms. The second-order valence-electron chi connectivity index (χ2n) is 6.80. The Morgan fingerprint density at radius 1 is 1.17 bits per heavy atom. The van der Waals surface area contributed by atoms with Crippen molar-refractivity contribution in [2.24, 2.45) is 0 Å². The second kappa shape index (κ2) is 6.73. The van der Waals surface area contributed by atoms with Gasteiger partial charge in [-0.25, -0.2) is 9.50 Å². The summed E-state index contributed by atoms with van der Waals surface area (Å²) < 4.78 is 2.04. The maximum absolute atomic E-state index is 4.64. The molecule has 0 amide bonds. The Kier molecular flexibility index (Phi) is 4.30. The van der Waals surface area contributed by atoms with Crippen molar-refractivity contribution < 1.29 is 0 Å². The van der Waals surface area contributed by atoms with E-state index >= 15 is 0 Å². The van der Waals surface area contributed by atoms with Crippen molar-refractivity contribution in [3.63, 3.8) is 0 Å². The molecule has 4 rings (SSSR count). The van der Waals surface area contributed by atoms with Crippen LogP contribution in [-0.4, -0.2) is 39.1 Å². The highest BCUT2D eigenvalue weighted by molar-refractivity contribution is 5.40. The van der Waals surface area contributed by atoms with Gasteiger partial charge in [0.25, 0.3) is 0 Å². The van der Waals surface area contributed by atoms with Crippen LogP contribution in [0.4, 0.5) is 0 Å². The fourth-order valence-electron chi connectivity index (χ4n) is 3.77. The van der Waals surface area contributed by atoms with E-state index in [2.05, 4.69) is 57.4 Å². The quantitative estimate of drug-likeness (QED) is 0.738. The molecule has 0 N–H and O–H groups in total. The van der Waals surface area contributed by atoms with Crippen LogP contribution >= 0.6 is 0 Å². The molecule has 1 aliphatic heterocycles. The summed E-state index contributed by atoms with van der Waals surface area (Å²) in [6, 6.07) is 15.0. The van der Waals surface area contributed by atoms with E-state index in [0.717, 1.165) is 30.9 Å². The van der Waals surface area contributed by atoms with Crippen molar-refractivity contribution in [3.8, 4) is 0 Å². The lowest BCUT2D eigenvalue weighted by molar-refractivity contribution is 0.207. The molecule has 1 unspecified atom stereocenters. The topological polar surface area (TPSA) is 33.4 Å². The molecule has 3 heterocycles. The first-order chi connectivity index (χ1) is 11.8. The van der Waals surface area contributed by atoms with E-state index in [0.29, 0.717) is 5.92 Å². The first-order valence-electron chi connectivity index (χ1n) is 8.87. The summed E-state index contributed by atoms with van der Waals surface area (Å²) in [6.45, 7) is 5.49. The molecule has 1 aromatic carbocycles. The van der Waals surface area contributed by atoms with Crippen LogP contribution in [0.25, 0.3) is 5.65 Å². The minimum Gasteiger partial charge on any atom is -0.302 e. The number of piperidine rings is 1. The molecule has 24 heavy (non-hydrogen) atoms. The summed E-state index contributed by atoms with van der Waals surface area (Å²) in [5, 5.41) is 4.64. The van der Waals surface area contributed by atoms with Gasteiger partial charge in [-0.3, -0.25) is 0 Å². The normalized spacial score (nSPS) is 19.0. The summed E-state index contributed by atoms with van der Waals surface area (Å²) in [5.41, 5.74) is 4.73. The van der Waals surface area contributed by atoms with E-state index in [-0.39, 0.29) is 0 Å². The van der Waals surface area contributed by atoms with Crippen molar-refractivity contribution >= 4 is 5.65 Å². The van der Waals surface area contributed by atoms with E-state index in [1.165, 1.54) is 30.6 Å². The number of fused-ring (bicyclic) bond motifs is 1. The van der Waals surface area contributed by atoms with E-state index < -0.39 is 0 Å². The molecule has 4 heteroatoms. The summed E-state index contributed by atoms with van der Waals surface area (Å²) in [4.78, 5) is 7.04. The predicted octanol–water partition coefficient (Wildman–Crippen LogP) is 3.46. The number of hydrogen-bond acceptors (Lipinski definition) is 3. The predicted molar refractivity (Wildman–Crippen MR) is 96.3 cm³/mol. The number of nitrogens with zero attached hydrogens (tertiary/aromatic N) is 4. The number of benzene rings is 1. The highest BCUT2D eigenvalue weighted by atomic mass is 15.3. The third kappa shape index (κ3) is 3.20. The molecule has 2 aromatic heterocycles. The van der Waals surface area contributed by atoms with E-state index in [4.69, 9.17) is 0 Å². The van der Waals surface area contributed by atoms with Crippen LogP contribution in [0.2, 0.25) is 0 Å². The van der Waals surface area contributed by atoms with Crippen molar-refractivity contribution in [1.29, 1.82) is 0 Å². The minimum atomic E-state index is 0.541. The molecule has 1 atom stereocenters. The highest BCUT2D eigenvalue weighted by Gasteiger charge is 2.23. The molecule has 0 saturated carbocycles. The Morgan fingerprint density at radius 3 is 2.92 bits per heavy atom. The Balaban J connectivity index is 1.48. The van der Waals surface area contributed by atoms with Gasteiger partial charge in [-0.1, -0.05) is 30.3 Å². The van der Waals surface area contributed by atoms with Crippen LogP contribution in [0.1, 0.15) is 35.7 Å². The number of likely N-dealkylation sites (tertiary alicyclic amines) is 1. The molecular formula is C20H24N4. The van der Waals surface area contributed by atoms with Gasteiger partial charge in [-0.05, 0) is 44.4 Å². The lowest BCUT2D eigenvalue weighted by Crippen LogP contribution is -2.36. The lowest BCUT2D eigenvalue weighted by atomic mass is 9.94. The summed E-state index contributed by atoms with van der Waals surface area (Å²) in [6.07, 6.45) is 5.54. The van der Waals surface area contributed by atoms with Gasteiger partial charge in [0.05, 0.1) is 11.4 Å². The van der Waals surface area contributed by atoms with Crippen molar-refractivity contribution in [1.82, 2.24) is 19.5 Å². The smallest absolute Gasteiger partial charge is 0.155 e. The molecule has 3 aromatic rings. The van der Waals surface area contributed by atoms with Crippen molar-refractivity contribution in [2.75, 3.05) is 19.6 Å². The Labute approximate surface area is 143 Å². The lowest BCUT2D eigenvalue weighted by Gasteiger charge is -2.33. The zero-order valence-electron chi connectivity index (χ0n) is 14.2. The van der Waals surface area contributed by atoms with Crippen LogP contribution in [0, 0.1) is 6.92 Å². The fourth-order valence-corrected chi connectivity index (χ4v) is 3.77. The first-order valence-corrected chi connectivity index (χ1v) is 8.87. The number of rotatable bonds is 4. The maximum atomic E-state index is 4.64. The van der Waals surface area contributed by atoms with Gasteiger partial charge >= 0.3 is 0 Å². The van der Waals surface area contributed by atoms with Gasteiger partial charge in [-0.2, -0.15) is 5.10 Å². The average Bonchev–Trinajstić information content (AvgIpc) is 3.01. The number of aryl methyl sites for hydroxylation is 1. The zero-order valence-corrected chi connectivity index (χ0v) is 14.2. The van der Waals surface area contributed by atoms with E-state index in [9.17, 15) is 0 Å². The van der Waals surface area contributed by atoms with Gasteiger partial charge in [0.15, 0.2) is 5.65 Å². The standard InChI is InChI=1S/C20H24N4/c1-16-14-20-21-11-9-19(24(20)22-16)18-8-5-12-23(15-18)13-10-17-6-3-2-4-7-17/h2-4,6-7,9,11,14,18H,5,8,10,12-13,15H2,1H3.